The van der Waals surface area contributed by atoms with Crippen LogP contribution in [0.15, 0.2) is 78.9 Å². The zero-order chi connectivity index (χ0) is 20.3. The molecule has 30 heavy (non-hydrogen) atoms. The lowest BCUT2D eigenvalue weighted by Crippen LogP contribution is -1.92. The van der Waals surface area contributed by atoms with Crippen molar-refractivity contribution >= 4 is 16.5 Å². The van der Waals surface area contributed by atoms with Crippen LogP contribution in [0, 0.1) is 11.8 Å². The van der Waals surface area contributed by atoms with Crippen LogP contribution in [0.2, 0.25) is 0 Å². The third kappa shape index (κ3) is 3.75. The molecule has 0 radical (unpaired) electrons. The third-order valence-electron chi connectivity index (χ3n) is 5.72. The van der Waals surface area contributed by atoms with Crippen molar-refractivity contribution in [3.8, 4) is 17.6 Å². The first kappa shape index (κ1) is 18.3. The molecule has 0 fully saturated rings. The van der Waals surface area contributed by atoms with Crippen LogP contribution in [0.25, 0.3) is 10.8 Å². The summed E-state index contributed by atoms with van der Waals surface area (Å²) in [5.74, 6) is 6.84. The Morgan fingerprint density at radius 3 is 2.63 bits per heavy atom. The van der Waals surface area contributed by atoms with Gasteiger partial charge in [0.05, 0.1) is 0 Å². The summed E-state index contributed by atoms with van der Waals surface area (Å²) in [5, 5.41) is 16.3. The molecule has 0 atom stereocenters. The summed E-state index contributed by atoms with van der Waals surface area (Å²) in [6, 6.07) is 27.0. The van der Waals surface area contributed by atoms with Gasteiger partial charge < -0.3 is 10.4 Å². The lowest BCUT2D eigenvalue weighted by atomic mass is 9.97. The van der Waals surface area contributed by atoms with Gasteiger partial charge in [0.25, 0.3) is 0 Å². The predicted octanol–water partition coefficient (Wildman–Crippen LogP) is 5.70. The number of fused-ring (bicyclic) bond motifs is 2. The molecule has 2 N–H and O–H groups in total. The molecule has 4 aromatic rings. The van der Waals surface area contributed by atoms with Gasteiger partial charge in [-0.1, -0.05) is 72.5 Å². The molecule has 1 heterocycles. The van der Waals surface area contributed by atoms with Gasteiger partial charge in [-0.2, -0.15) is 0 Å². The molecule has 4 aromatic carbocycles. The third-order valence-corrected chi connectivity index (χ3v) is 5.72. The first-order valence-electron chi connectivity index (χ1n) is 10.4. The maximum absolute atomic E-state index is 11.0. The van der Waals surface area contributed by atoms with Crippen LogP contribution in [0.3, 0.4) is 0 Å². The van der Waals surface area contributed by atoms with E-state index in [2.05, 4.69) is 53.6 Å². The van der Waals surface area contributed by atoms with Crippen LogP contribution in [0.1, 0.15) is 27.8 Å². The van der Waals surface area contributed by atoms with E-state index in [0.717, 1.165) is 47.7 Å². The van der Waals surface area contributed by atoms with Crippen LogP contribution >= 0.6 is 0 Å². The Morgan fingerprint density at radius 2 is 1.73 bits per heavy atom. The van der Waals surface area contributed by atoms with Crippen LogP contribution in [0.5, 0.6) is 5.75 Å². The fourth-order valence-corrected chi connectivity index (χ4v) is 4.10. The fraction of sp³-hybridized carbons (Fsp3) is 0.143. The van der Waals surface area contributed by atoms with Crippen LogP contribution < -0.4 is 5.32 Å². The summed E-state index contributed by atoms with van der Waals surface area (Å²) in [6.45, 7) is 1.01. The molecule has 2 nitrogen and oxygen atoms in total. The molecule has 0 amide bonds. The Kier molecular flexibility index (Phi) is 4.87. The van der Waals surface area contributed by atoms with Gasteiger partial charge in [-0.15, -0.1) is 0 Å². The number of anilines is 1. The molecule has 0 bridgehead atoms. The topological polar surface area (TPSA) is 32.3 Å². The van der Waals surface area contributed by atoms with E-state index in [9.17, 15) is 5.11 Å². The normalized spacial score (nSPS) is 12.1. The van der Waals surface area contributed by atoms with Crippen molar-refractivity contribution in [2.45, 2.75) is 19.3 Å². The maximum Gasteiger partial charge on any atom is 0.126 e. The molecule has 0 spiro atoms. The highest BCUT2D eigenvalue weighted by Gasteiger charge is 2.12. The molecule has 5 rings (SSSR count). The number of phenolic OH excluding ortho intramolecular Hbond substituents is 1. The summed E-state index contributed by atoms with van der Waals surface area (Å²) in [6.07, 6.45) is 2.51. The average molecular weight is 389 g/mol. The molecule has 146 valence electrons. The first-order chi connectivity index (χ1) is 14.8. The Morgan fingerprint density at radius 1 is 0.867 bits per heavy atom. The lowest BCUT2D eigenvalue weighted by molar-refractivity contribution is 0.476. The van der Waals surface area contributed by atoms with Gasteiger partial charge in [0.2, 0.25) is 0 Å². The summed E-state index contributed by atoms with van der Waals surface area (Å²) in [7, 11) is 0. The molecule has 0 aliphatic carbocycles. The molecule has 1 aliphatic heterocycles. The Balaban J connectivity index is 1.42. The summed E-state index contributed by atoms with van der Waals surface area (Å²) in [5.41, 5.74) is 6.91. The molecule has 0 saturated heterocycles. The van der Waals surface area contributed by atoms with Crippen LogP contribution in [-0.4, -0.2) is 11.7 Å². The Bertz CT molecular complexity index is 1280. The number of nitrogens with one attached hydrogen (secondary N) is 1. The highest BCUT2D eigenvalue weighted by Crippen LogP contribution is 2.32. The lowest BCUT2D eigenvalue weighted by Gasteiger charge is -2.10. The highest BCUT2D eigenvalue weighted by atomic mass is 16.3. The van der Waals surface area contributed by atoms with Gasteiger partial charge in [-0.05, 0) is 52.3 Å². The van der Waals surface area contributed by atoms with E-state index < -0.39 is 0 Å². The molecule has 1 aliphatic rings. The minimum absolute atomic E-state index is 0.359. The second-order valence-electron chi connectivity index (χ2n) is 7.82. The molecule has 0 unspecified atom stereocenters. The van der Waals surface area contributed by atoms with Crippen LogP contribution in [0.4, 0.5) is 5.69 Å². The zero-order valence-corrected chi connectivity index (χ0v) is 16.8. The summed E-state index contributed by atoms with van der Waals surface area (Å²) >= 11 is 0. The number of phenols is 1. The van der Waals surface area contributed by atoms with Crippen molar-refractivity contribution in [3.05, 3.63) is 107 Å². The van der Waals surface area contributed by atoms with E-state index in [1.807, 2.05) is 42.5 Å². The van der Waals surface area contributed by atoms with Gasteiger partial charge in [0, 0.05) is 36.0 Å². The van der Waals surface area contributed by atoms with E-state index >= 15 is 0 Å². The number of benzene rings is 4. The minimum Gasteiger partial charge on any atom is -0.507 e. The van der Waals surface area contributed by atoms with Crippen molar-refractivity contribution in [1.29, 1.82) is 0 Å². The van der Waals surface area contributed by atoms with Gasteiger partial charge in [-0.25, -0.2) is 0 Å². The number of aromatic hydroxyl groups is 1. The largest absolute Gasteiger partial charge is 0.507 e. The monoisotopic (exact) mass is 389 g/mol. The van der Waals surface area contributed by atoms with Gasteiger partial charge in [0.15, 0.2) is 0 Å². The Hall–Kier alpha value is -3.70. The van der Waals surface area contributed by atoms with Crippen molar-refractivity contribution in [1.82, 2.24) is 0 Å². The van der Waals surface area contributed by atoms with Crippen molar-refractivity contribution < 1.29 is 5.11 Å². The number of rotatable bonds is 3. The van der Waals surface area contributed by atoms with Gasteiger partial charge in [0.1, 0.15) is 5.75 Å². The van der Waals surface area contributed by atoms with Crippen molar-refractivity contribution in [2.24, 2.45) is 0 Å². The number of hydrogen-bond donors (Lipinski definition) is 2. The Labute approximate surface area is 177 Å². The SMILES string of the molecule is Oc1c(Cc2ccc3c(c2)CCN3)ccc2ccc(C#CCc3ccccc3)cc12. The molecule has 2 heteroatoms. The van der Waals surface area contributed by atoms with E-state index in [1.54, 1.807) is 0 Å². The zero-order valence-electron chi connectivity index (χ0n) is 16.8. The van der Waals surface area contributed by atoms with Crippen LogP contribution in [-0.2, 0) is 19.3 Å². The molecular formula is C28H23NO. The highest BCUT2D eigenvalue weighted by molar-refractivity contribution is 5.90. The van der Waals surface area contributed by atoms with E-state index in [1.165, 1.54) is 22.4 Å². The molecule has 0 saturated carbocycles. The van der Waals surface area contributed by atoms with Crippen molar-refractivity contribution in [3.63, 3.8) is 0 Å². The predicted molar refractivity (Wildman–Crippen MR) is 124 cm³/mol. The van der Waals surface area contributed by atoms with Gasteiger partial charge >= 0.3 is 0 Å². The smallest absolute Gasteiger partial charge is 0.126 e. The van der Waals surface area contributed by atoms with Gasteiger partial charge in [-0.3, -0.25) is 0 Å². The van der Waals surface area contributed by atoms with E-state index in [0.29, 0.717) is 5.75 Å². The minimum atomic E-state index is 0.359. The van der Waals surface area contributed by atoms with E-state index in [4.69, 9.17) is 0 Å². The number of hydrogen-bond acceptors (Lipinski definition) is 2. The summed E-state index contributed by atoms with van der Waals surface area (Å²) in [4.78, 5) is 0. The quantitative estimate of drug-likeness (QED) is 0.441. The molecular weight excluding hydrogens is 366 g/mol. The summed E-state index contributed by atoms with van der Waals surface area (Å²) < 4.78 is 0. The second kappa shape index (κ2) is 7.97. The average Bonchev–Trinajstić information content (AvgIpc) is 3.25. The second-order valence-corrected chi connectivity index (χ2v) is 7.82. The first-order valence-corrected chi connectivity index (χ1v) is 10.4. The fourth-order valence-electron chi connectivity index (χ4n) is 4.10. The standard InChI is InChI=1S/C28H23NO/c30-28-25(18-22-10-14-27-24(17-22)15-16-29-27)13-12-23-11-9-21(19-26(23)28)8-4-7-20-5-2-1-3-6-20/h1-3,5-6,9-14,17,19,29-30H,7,15-16,18H2. The molecule has 0 aromatic heterocycles. The van der Waals surface area contributed by atoms with E-state index in [-0.39, 0.29) is 0 Å². The maximum atomic E-state index is 11.0. The van der Waals surface area contributed by atoms with Crippen molar-refractivity contribution in [2.75, 3.05) is 11.9 Å².